The Kier molecular flexibility index (Phi) is 5.30. The molecule has 4 rings (SSSR count). The number of hydrogen-bond acceptors (Lipinski definition) is 4. The molecule has 2 aliphatic rings. The Morgan fingerprint density at radius 3 is 2.89 bits per heavy atom. The highest BCUT2D eigenvalue weighted by Gasteiger charge is 2.36. The highest BCUT2D eigenvalue weighted by atomic mass is 35.5. The van der Waals surface area contributed by atoms with Crippen LogP contribution in [0.3, 0.4) is 0 Å². The minimum Gasteiger partial charge on any atom is -0.489 e. The number of halogens is 1. The molecule has 0 bridgehead atoms. The number of nitrogens with one attached hydrogen (secondary N) is 1. The van der Waals surface area contributed by atoms with Gasteiger partial charge in [0.15, 0.2) is 11.5 Å². The standard InChI is InChI=1S/C21H24ClNO4/c1-13-9-16(13)18-5-3-15(27-18)4-6-20(24)23-12-14-10-17(22)21-19(11-14)25-7-2-8-26-21/h3,5,10-11,13,16H,2,4,6-9,12H2,1H3,(H,23,24). The second-order valence-electron chi connectivity index (χ2n) is 7.36. The van der Waals surface area contributed by atoms with E-state index in [4.69, 9.17) is 25.5 Å². The summed E-state index contributed by atoms with van der Waals surface area (Å²) in [6.07, 6.45) is 3.02. The molecule has 0 saturated heterocycles. The van der Waals surface area contributed by atoms with Crippen molar-refractivity contribution in [1.29, 1.82) is 0 Å². The predicted molar refractivity (Wildman–Crippen MR) is 102 cm³/mol. The van der Waals surface area contributed by atoms with Crippen molar-refractivity contribution in [1.82, 2.24) is 5.32 Å². The Hall–Kier alpha value is -2.14. The maximum absolute atomic E-state index is 12.2. The van der Waals surface area contributed by atoms with Gasteiger partial charge in [-0.15, -0.1) is 0 Å². The summed E-state index contributed by atoms with van der Waals surface area (Å²) in [5.74, 6) is 4.42. The SMILES string of the molecule is CC1CC1c1ccc(CCC(=O)NCc2cc(Cl)c3c(c2)OCCCO3)o1. The number of benzene rings is 1. The van der Waals surface area contributed by atoms with Crippen molar-refractivity contribution in [2.45, 2.75) is 45.1 Å². The van der Waals surface area contributed by atoms with E-state index in [9.17, 15) is 4.79 Å². The average Bonchev–Trinajstić information content (AvgIpc) is 3.28. The lowest BCUT2D eigenvalue weighted by atomic mass is 10.2. The van der Waals surface area contributed by atoms with E-state index in [2.05, 4.69) is 12.2 Å². The van der Waals surface area contributed by atoms with Crippen LogP contribution in [0.4, 0.5) is 0 Å². The number of fused-ring (bicyclic) bond motifs is 1. The van der Waals surface area contributed by atoms with E-state index in [1.54, 1.807) is 0 Å². The Morgan fingerprint density at radius 2 is 2.07 bits per heavy atom. The third-order valence-corrected chi connectivity index (χ3v) is 5.39. The fourth-order valence-corrected chi connectivity index (χ4v) is 3.65. The molecule has 6 heteroatoms. The molecule has 1 saturated carbocycles. The fourth-order valence-electron chi connectivity index (χ4n) is 3.36. The molecule has 2 aromatic rings. The molecule has 144 valence electrons. The second kappa shape index (κ2) is 7.85. The summed E-state index contributed by atoms with van der Waals surface area (Å²) < 4.78 is 17.2. The van der Waals surface area contributed by atoms with Crippen molar-refractivity contribution in [3.63, 3.8) is 0 Å². The molecule has 2 atom stereocenters. The Labute approximate surface area is 164 Å². The third kappa shape index (κ3) is 4.41. The first-order valence-electron chi connectivity index (χ1n) is 9.53. The number of aryl methyl sites for hydroxylation is 1. The Balaban J connectivity index is 1.28. The zero-order valence-corrected chi connectivity index (χ0v) is 16.2. The minimum absolute atomic E-state index is 0.0176. The smallest absolute Gasteiger partial charge is 0.220 e. The topological polar surface area (TPSA) is 60.7 Å². The first-order chi connectivity index (χ1) is 13.1. The zero-order valence-electron chi connectivity index (χ0n) is 15.4. The molecule has 1 aromatic heterocycles. The van der Waals surface area contributed by atoms with Crippen LogP contribution in [0.25, 0.3) is 0 Å². The van der Waals surface area contributed by atoms with Crippen LogP contribution < -0.4 is 14.8 Å². The first-order valence-corrected chi connectivity index (χ1v) is 9.91. The first kappa shape index (κ1) is 18.2. The Morgan fingerprint density at radius 1 is 1.26 bits per heavy atom. The monoisotopic (exact) mass is 389 g/mol. The lowest BCUT2D eigenvalue weighted by Gasteiger charge is -2.12. The summed E-state index contributed by atoms with van der Waals surface area (Å²) in [5.41, 5.74) is 0.889. The number of ether oxygens (including phenoxy) is 2. The number of furan rings is 1. The minimum atomic E-state index is -0.0176. The summed E-state index contributed by atoms with van der Waals surface area (Å²) in [4.78, 5) is 12.2. The van der Waals surface area contributed by atoms with Gasteiger partial charge in [-0.25, -0.2) is 0 Å². The van der Waals surface area contributed by atoms with Crippen molar-refractivity contribution in [2.75, 3.05) is 13.2 Å². The van der Waals surface area contributed by atoms with E-state index in [0.29, 0.717) is 55.0 Å². The quantitative estimate of drug-likeness (QED) is 0.792. The maximum Gasteiger partial charge on any atom is 0.220 e. The maximum atomic E-state index is 12.2. The molecule has 1 aliphatic heterocycles. The number of rotatable bonds is 6. The van der Waals surface area contributed by atoms with Crippen LogP contribution in [0.15, 0.2) is 28.7 Å². The average molecular weight is 390 g/mol. The van der Waals surface area contributed by atoms with Gasteiger partial charge in [0.25, 0.3) is 0 Å². The van der Waals surface area contributed by atoms with E-state index in [0.717, 1.165) is 29.4 Å². The zero-order chi connectivity index (χ0) is 18.8. The van der Waals surface area contributed by atoms with Gasteiger partial charge in [0.05, 0.1) is 18.2 Å². The van der Waals surface area contributed by atoms with E-state index in [1.165, 1.54) is 6.42 Å². The molecule has 1 aromatic carbocycles. The van der Waals surface area contributed by atoms with Gasteiger partial charge >= 0.3 is 0 Å². The van der Waals surface area contributed by atoms with Crippen molar-refractivity contribution >= 4 is 17.5 Å². The van der Waals surface area contributed by atoms with E-state index in [-0.39, 0.29) is 5.91 Å². The van der Waals surface area contributed by atoms with Crippen LogP contribution in [0.2, 0.25) is 5.02 Å². The molecule has 0 spiro atoms. The van der Waals surface area contributed by atoms with Crippen molar-refractivity contribution in [3.05, 3.63) is 46.4 Å². The molecule has 1 N–H and O–H groups in total. The largest absolute Gasteiger partial charge is 0.489 e. The summed E-state index contributed by atoms with van der Waals surface area (Å²) in [6.45, 7) is 3.82. The second-order valence-corrected chi connectivity index (χ2v) is 7.76. The van der Waals surface area contributed by atoms with Gasteiger partial charge in [-0.2, -0.15) is 0 Å². The van der Waals surface area contributed by atoms with E-state index in [1.807, 2.05) is 24.3 Å². The summed E-state index contributed by atoms with van der Waals surface area (Å²) >= 11 is 6.29. The van der Waals surface area contributed by atoms with Crippen LogP contribution in [0, 0.1) is 5.92 Å². The summed E-state index contributed by atoms with van der Waals surface area (Å²) in [7, 11) is 0. The van der Waals surface area contributed by atoms with Gasteiger partial charge in [0.1, 0.15) is 11.5 Å². The molecule has 1 amide bonds. The molecular weight excluding hydrogens is 366 g/mol. The molecule has 1 fully saturated rings. The molecule has 2 unspecified atom stereocenters. The van der Waals surface area contributed by atoms with Crippen LogP contribution in [-0.4, -0.2) is 19.1 Å². The molecular formula is C21H24ClNO4. The van der Waals surface area contributed by atoms with Crippen LogP contribution >= 0.6 is 11.6 Å². The molecule has 5 nitrogen and oxygen atoms in total. The number of carbonyl (C=O) groups excluding carboxylic acids is 1. The molecule has 27 heavy (non-hydrogen) atoms. The lowest BCUT2D eigenvalue weighted by molar-refractivity contribution is -0.121. The molecule has 0 radical (unpaired) electrons. The van der Waals surface area contributed by atoms with E-state index >= 15 is 0 Å². The van der Waals surface area contributed by atoms with Crippen LogP contribution in [0.1, 0.15) is 49.2 Å². The van der Waals surface area contributed by atoms with Crippen LogP contribution in [0.5, 0.6) is 11.5 Å². The lowest BCUT2D eigenvalue weighted by Crippen LogP contribution is -2.23. The predicted octanol–water partition coefficient (Wildman–Crippen LogP) is 4.47. The van der Waals surface area contributed by atoms with E-state index < -0.39 is 0 Å². The third-order valence-electron chi connectivity index (χ3n) is 5.11. The van der Waals surface area contributed by atoms with Gasteiger partial charge in [-0.1, -0.05) is 18.5 Å². The van der Waals surface area contributed by atoms with Crippen molar-refractivity contribution in [2.24, 2.45) is 5.92 Å². The Bertz CT molecular complexity index is 832. The molecule has 2 heterocycles. The highest BCUT2D eigenvalue weighted by Crippen LogP contribution is 2.47. The van der Waals surface area contributed by atoms with Crippen LogP contribution in [-0.2, 0) is 17.8 Å². The normalized spacial score (nSPS) is 20.8. The van der Waals surface area contributed by atoms with Gasteiger partial charge in [-0.05, 0) is 42.2 Å². The number of carbonyl (C=O) groups is 1. The van der Waals surface area contributed by atoms with Gasteiger partial charge in [-0.3, -0.25) is 4.79 Å². The van der Waals surface area contributed by atoms with Crippen molar-refractivity contribution < 1.29 is 18.7 Å². The van der Waals surface area contributed by atoms with Gasteiger partial charge < -0.3 is 19.2 Å². The number of hydrogen-bond donors (Lipinski definition) is 1. The molecule has 1 aliphatic carbocycles. The fraction of sp³-hybridized carbons (Fsp3) is 0.476. The van der Waals surface area contributed by atoms with Gasteiger partial charge in [0.2, 0.25) is 5.91 Å². The van der Waals surface area contributed by atoms with Crippen molar-refractivity contribution in [3.8, 4) is 11.5 Å². The number of amides is 1. The summed E-state index contributed by atoms with van der Waals surface area (Å²) in [5, 5.41) is 3.44. The van der Waals surface area contributed by atoms with Gasteiger partial charge in [0, 0.05) is 31.7 Å². The summed E-state index contributed by atoms with van der Waals surface area (Å²) in [6, 6.07) is 7.71. The highest BCUT2D eigenvalue weighted by molar-refractivity contribution is 6.32.